The number of urea groups is 1. The number of benzene rings is 1. The molecule has 1 fully saturated rings. The first-order valence-corrected chi connectivity index (χ1v) is 9.57. The van der Waals surface area contributed by atoms with Gasteiger partial charge in [0.15, 0.2) is 0 Å². The summed E-state index contributed by atoms with van der Waals surface area (Å²) in [5, 5.41) is 2.77. The molecular formula is C19H21F2N3OS. The number of carbonyl (C=O) groups excluding carboxylic acids is 1. The van der Waals surface area contributed by atoms with Crippen LogP contribution in [0.3, 0.4) is 0 Å². The van der Waals surface area contributed by atoms with Crippen molar-refractivity contribution >= 4 is 23.5 Å². The van der Waals surface area contributed by atoms with E-state index in [1.54, 1.807) is 18.0 Å². The number of halogens is 2. The summed E-state index contributed by atoms with van der Waals surface area (Å²) < 4.78 is 26.3. The molecule has 26 heavy (non-hydrogen) atoms. The zero-order valence-electron chi connectivity index (χ0n) is 14.3. The van der Waals surface area contributed by atoms with Crippen molar-refractivity contribution in [3.05, 3.63) is 54.4 Å². The highest BCUT2D eigenvalue weighted by Gasteiger charge is 2.35. The Labute approximate surface area is 156 Å². The molecule has 2 heterocycles. The molecule has 1 saturated heterocycles. The van der Waals surface area contributed by atoms with Crippen LogP contribution in [0.25, 0.3) is 0 Å². The first-order valence-electron chi connectivity index (χ1n) is 8.58. The predicted octanol–water partition coefficient (Wildman–Crippen LogP) is 4.68. The second-order valence-electron chi connectivity index (χ2n) is 6.22. The van der Waals surface area contributed by atoms with Gasteiger partial charge in [0.2, 0.25) is 0 Å². The SMILES string of the molecule is O=C(Nc1ccc(SCCc2ccccn2)cc1)N1CCC(F)(F)CC1. The fourth-order valence-electron chi connectivity index (χ4n) is 2.69. The van der Waals surface area contributed by atoms with Gasteiger partial charge in [-0.3, -0.25) is 4.98 Å². The van der Waals surface area contributed by atoms with Gasteiger partial charge in [0.25, 0.3) is 5.92 Å². The summed E-state index contributed by atoms with van der Waals surface area (Å²) in [4.78, 5) is 19.0. The van der Waals surface area contributed by atoms with E-state index in [2.05, 4.69) is 10.3 Å². The molecule has 0 unspecified atom stereocenters. The van der Waals surface area contributed by atoms with Crippen LogP contribution in [0.1, 0.15) is 18.5 Å². The number of hydrogen-bond acceptors (Lipinski definition) is 3. The zero-order chi connectivity index (χ0) is 18.4. The summed E-state index contributed by atoms with van der Waals surface area (Å²) in [6.45, 7) is 0.167. The quantitative estimate of drug-likeness (QED) is 0.770. The Morgan fingerprint density at radius 3 is 2.54 bits per heavy atom. The first kappa shape index (κ1) is 18.6. The summed E-state index contributed by atoms with van der Waals surface area (Å²) in [5.41, 5.74) is 1.73. The highest BCUT2D eigenvalue weighted by molar-refractivity contribution is 7.99. The van der Waals surface area contributed by atoms with Gasteiger partial charge in [-0.2, -0.15) is 0 Å². The van der Waals surface area contributed by atoms with Crippen molar-refractivity contribution in [1.29, 1.82) is 0 Å². The highest BCUT2D eigenvalue weighted by atomic mass is 32.2. The molecule has 0 atom stereocenters. The number of hydrogen-bond donors (Lipinski definition) is 1. The van der Waals surface area contributed by atoms with Crippen molar-refractivity contribution in [2.75, 3.05) is 24.2 Å². The van der Waals surface area contributed by atoms with Gasteiger partial charge in [0.05, 0.1) is 0 Å². The molecule has 1 aliphatic heterocycles. The molecule has 1 aromatic heterocycles. The standard InChI is InChI=1S/C19H21F2N3OS/c20-19(21)9-12-24(13-10-19)18(25)23-16-4-6-17(7-5-16)26-14-8-15-3-1-2-11-22-15/h1-7,11H,8-10,12-14H2,(H,23,25). The highest BCUT2D eigenvalue weighted by Crippen LogP contribution is 2.28. The lowest BCUT2D eigenvalue weighted by molar-refractivity contribution is -0.0461. The van der Waals surface area contributed by atoms with Crippen molar-refractivity contribution in [2.24, 2.45) is 0 Å². The van der Waals surface area contributed by atoms with Crippen LogP contribution in [0, 0.1) is 0 Å². The number of piperidine rings is 1. The zero-order valence-corrected chi connectivity index (χ0v) is 15.1. The second kappa shape index (κ2) is 8.49. The number of anilines is 1. The molecule has 3 rings (SSSR count). The van der Waals surface area contributed by atoms with E-state index in [1.807, 2.05) is 42.5 Å². The number of alkyl halides is 2. The molecule has 0 bridgehead atoms. The van der Waals surface area contributed by atoms with Gasteiger partial charge in [-0.05, 0) is 42.8 Å². The van der Waals surface area contributed by atoms with Crippen molar-refractivity contribution in [3.8, 4) is 0 Å². The van der Waals surface area contributed by atoms with Crippen LogP contribution in [-0.2, 0) is 6.42 Å². The topological polar surface area (TPSA) is 45.2 Å². The molecule has 1 aliphatic rings. The van der Waals surface area contributed by atoms with E-state index >= 15 is 0 Å². The number of nitrogens with one attached hydrogen (secondary N) is 1. The number of nitrogens with zero attached hydrogens (tertiary/aromatic N) is 2. The minimum absolute atomic E-state index is 0.0836. The smallest absolute Gasteiger partial charge is 0.321 e. The van der Waals surface area contributed by atoms with E-state index in [4.69, 9.17) is 0 Å². The fraction of sp³-hybridized carbons (Fsp3) is 0.368. The van der Waals surface area contributed by atoms with Crippen molar-refractivity contribution in [2.45, 2.75) is 30.1 Å². The summed E-state index contributed by atoms with van der Waals surface area (Å²) in [6.07, 6.45) is 2.14. The summed E-state index contributed by atoms with van der Waals surface area (Å²) in [7, 11) is 0. The maximum absolute atomic E-state index is 13.2. The van der Waals surface area contributed by atoms with Gasteiger partial charge in [0, 0.05) is 54.2 Å². The minimum Gasteiger partial charge on any atom is -0.324 e. The van der Waals surface area contributed by atoms with E-state index in [9.17, 15) is 13.6 Å². The minimum atomic E-state index is -2.65. The van der Waals surface area contributed by atoms with Crippen LogP contribution < -0.4 is 5.32 Å². The lowest BCUT2D eigenvalue weighted by Gasteiger charge is -2.31. The number of aryl methyl sites for hydroxylation is 1. The number of pyridine rings is 1. The molecule has 0 spiro atoms. The Kier molecular flexibility index (Phi) is 6.08. The third-order valence-electron chi connectivity index (χ3n) is 4.24. The molecule has 4 nitrogen and oxygen atoms in total. The molecular weight excluding hydrogens is 356 g/mol. The van der Waals surface area contributed by atoms with Crippen LogP contribution in [0.5, 0.6) is 0 Å². The van der Waals surface area contributed by atoms with Gasteiger partial charge in [-0.1, -0.05) is 6.07 Å². The molecule has 0 radical (unpaired) electrons. The molecule has 1 aromatic carbocycles. The number of amides is 2. The fourth-order valence-corrected chi connectivity index (χ4v) is 3.57. The number of likely N-dealkylation sites (tertiary alicyclic amines) is 1. The third-order valence-corrected chi connectivity index (χ3v) is 5.25. The predicted molar refractivity (Wildman–Crippen MR) is 99.9 cm³/mol. The number of rotatable bonds is 5. The average molecular weight is 377 g/mol. The Morgan fingerprint density at radius 1 is 1.15 bits per heavy atom. The Hall–Kier alpha value is -2.15. The van der Waals surface area contributed by atoms with Gasteiger partial charge < -0.3 is 10.2 Å². The Morgan fingerprint density at radius 2 is 1.88 bits per heavy atom. The number of thioether (sulfide) groups is 1. The molecule has 1 N–H and O–H groups in total. The summed E-state index contributed by atoms with van der Waals surface area (Å²) in [6, 6.07) is 13.1. The van der Waals surface area contributed by atoms with E-state index in [1.165, 1.54) is 4.90 Å². The summed E-state index contributed by atoms with van der Waals surface area (Å²) >= 11 is 1.72. The van der Waals surface area contributed by atoms with Crippen molar-refractivity contribution in [3.63, 3.8) is 0 Å². The average Bonchev–Trinajstić information content (AvgIpc) is 2.64. The monoisotopic (exact) mass is 377 g/mol. The van der Waals surface area contributed by atoms with Gasteiger partial charge in [-0.15, -0.1) is 11.8 Å². The van der Waals surface area contributed by atoms with E-state index in [0.717, 1.165) is 22.8 Å². The lowest BCUT2D eigenvalue weighted by Crippen LogP contribution is -2.44. The summed E-state index contributed by atoms with van der Waals surface area (Å²) in [5.74, 6) is -1.73. The second-order valence-corrected chi connectivity index (χ2v) is 7.39. The molecule has 0 aliphatic carbocycles. The largest absolute Gasteiger partial charge is 0.324 e. The van der Waals surface area contributed by atoms with Crippen LogP contribution >= 0.6 is 11.8 Å². The maximum atomic E-state index is 13.2. The Balaban J connectivity index is 1.44. The number of carbonyl (C=O) groups is 1. The van der Waals surface area contributed by atoms with E-state index in [0.29, 0.717) is 5.69 Å². The van der Waals surface area contributed by atoms with E-state index < -0.39 is 5.92 Å². The van der Waals surface area contributed by atoms with Gasteiger partial charge in [0.1, 0.15) is 0 Å². The number of aromatic nitrogens is 1. The van der Waals surface area contributed by atoms with Crippen LogP contribution in [0.15, 0.2) is 53.6 Å². The molecule has 7 heteroatoms. The molecule has 2 amide bonds. The van der Waals surface area contributed by atoms with Crippen LogP contribution in [0.2, 0.25) is 0 Å². The van der Waals surface area contributed by atoms with Crippen molar-refractivity contribution in [1.82, 2.24) is 9.88 Å². The van der Waals surface area contributed by atoms with E-state index in [-0.39, 0.29) is 32.0 Å². The first-order chi connectivity index (χ1) is 12.5. The van der Waals surface area contributed by atoms with Crippen molar-refractivity contribution < 1.29 is 13.6 Å². The third kappa shape index (κ3) is 5.42. The molecule has 0 saturated carbocycles. The maximum Gasteiger partial charge on any atom is 0.321 e. The Bertz CT molecular complexity index is 715. The lowest BCUT2D eigenvalue weighted by atomic mass is 10.1. The molecule has 2 aromatic rings. The van der Waals surface area contributed by atoms with Gasteiger partial charge >= 0.3 is 6.03 Å². The van der Waals surface area contributed by atoms with Crippen LogP contribution in [-0.4, -0.2) is 40.7 Å². The molecule has 138 valence electrons. The van der Waals surface area contributed by atoms with Crippen LogP contribution in [0.4, 0.5) is 19.3 Å². The normalized spacial score (nSPS) is 16.3. The van der Waals surface area contributed by atoms with Gasteiger partial charge in [-0.25, -0.2) is 13.6 Å².